The number of imide groups is 1. The predicted molar refractivity (Wildman–Crippen MR) is 96.2 cm³/mol. The molecule has 0 aromatic heterocycles. The number of anilines is 2. The number of fused-ring (bicyclic) bond motifs is 1. The number of thioether (sulfide) groups is 1. The molecule has 0 radical (unpaired) electrons. The number of benzene rings is 2. The van der Waals surface area contributed by atoms with Crippen molar-refractivity contribution in [3.63, 3.8) is 0 Å². The summed E-state index contributed by atoms with van der Waals surface area (Å²) in [4.78, 5) is 37.4. The number of alkyl halides is 3. The second-order valence-corrected chi connectivity index (χ2v) is 6.89. The molecular weight excluding hydrogens is 405 g/mol. The lowest BCUT2D eigenvalue weighted by atomic mass is 10.1. The fourth-order valence-electron chi connectivity index (χ4n) is 2.52. The van der Waals surface area contributed by atoms with Gasteiger partial charge < -0.3 is 5.32 Å². The highest BCUT2D eigenvalue weighted by Gasteiger charge is 2.37. The Morgan fingerprint density at radius 3 is 2.19 bits per heavy atom. The predicted octanol–water partition coefficient (Wildman–Crippen LogP) is 4.33. The number of hydrogen-bond donors (Lipinski definition) is 1. The molecule has 0 saturated carbocycles. The third-order valence-corrected chi connectivity index (χ3v) is 4.67. The minimum absolute atomic E-state index is 0.00854. The van der Waals surface area contributed by atoms with E-state index in [2.05, 4.69) is 5.32 Å². The first-order valence-electron chi connectivity index (χ1n) is 7.45. The zero-order valence-corrected chi connectivity index (χ0v) is 14.9. The van der Waals surface area contributed by atoms with E-state index in [0.29, 0.717) is 0 Å². The molecule has 1 aliphatic rings. The Labute approximate surface area is 160 Å². The van der Waals surface area contributed by atoms with Crippen molar-refractivity contribution in [3.05, 3.63) is 58.6 Å². The fourth-order valence-corrected chi connectivity index (χ4v) is 3.15. The largest absolute Gasteiger partial charge is 0.442 e. The third kappa shape index (κ3) is 4.09. The third-order valence-electron chi connectivity index (χ3n) is 3.63. The highest BCUT2D eigenvalue weighted by atomic mass is 35.5. The van der Waals surface area contributed by atoms with Crippen molar-refractivity contribution < 1.29 is 27.6 Å². The van der Waals surface area contributed by atoms with E-state index < -0.39 is 40.7 Å². The number of nitrogens with zero attached hydrogens (tertiary/aromatic N) is 1. The standard InChI is InChI=1S/C17H10ClF3N2O3S/c18-12-7-9(22-14(24)8-27-17(19,20)21)5-6-13(12)23-15(25)10-3-1-2-4-11(10)16(23)26/h1-7H,8H2,(H,22,24). The molecule has 2 aromatic carbocycles. The van der Waals surface area contributed by atoms with Gasteiger partial charge in [0.05, 0.1) is 27.6 Å². The number of nitrogens with one attached hydrogen (secondary N) is 1. The van der Waals surface area contributed by atoms with Crippen molar-refractivity contribution in [3.8, 4) is 0 Å². The van der Waals surface area contributed by atoms with Gasteiger partial charge in [0, 0.05) is 5.69 Å². The molecule has 1 N–H and O–H groups in total. The van der Waals surface area contributed by atoms with E-state index in [1.54, 1.807) is 12.1 Å². The SMILES string of the molecule is O=C(CSC(F)(F)F)Nc1ccc(N2C(=O)c3ccccc3C2=O)c(Cl)c1. The zero-order valence-electron chi connectivity index (χ0n) is 13.3. The van der Waals surface area contributed by atoms with Crippen molar-refractivity contribution in [1.82, 2.24) is 0 Å². The first-order chi connectivity index (χ1) is 12.7. The van der Waals surface area contributed by atoms with Crippen LogP contribution < -0.4 is 10.2 Å². The van der Waals surface area contributed by atoms with Crippen LogP contribution in [0.2, 0.25) is 5.02 Å². The second-order valence-electron chi connectivity index (χ2n) is 5.44. The van der Waals surface area contributed by atoms with E-state index in [9.17, 15) is 27.6 Å². The molecule has 27 heavy (non-hydrogen) atoms. The van der Waals surface area contributed by atoms with Gasteiger partial charge in [-0.25, -0.2) is 4.90 Å². The van der Waals surface area contributed by atoms with E-state index in [1.165, 1.54) is 30.3 Å². The van der Waals surface area contributed by atoms with Gasteiger partial charge in [0.15, 0.2) is 0 Å². The van der Waals surface area contributed by atoms with Crippen LogP contribution in [-0.2, 0) is 4.79 Å². The summed E-state index contributed by atoms with van der Waals surface area (Å²) < 4.78 is 36.4. The number of amides is 3. The van der Waals surface area contributed by atoms with Crippen LogP contribution in [-0.4, -0.2) is 29.0 Å². The number of hydrogen-bond acceptors (Lipinski definition) is 4. The molecule has 2 aromatic rings. The molecule has 0 atom stereocenters. The molecule has 0 unspecified atom stereocenters. The summed E-state index contributed by atoms with van der Waals surface area (Å²) in [6, 6.07) is 10.3. The molecule has 140 valence electrons. The first kappa shape index (κ1) is 19.2. The van der Waals surface area contributed by atoms with Crippen LogP contribution in [0.3, 0.4) is 0 Å². The van der Waals surface area contributed by atoms with Crippen molar-refractivity contribution in [2.45, 2.75) is 5.51 Å². The lowest BCUT2D eigenvalue weighted by Crippen LogP contribution is -2.29. The minimum atomic E-state index is -4.51. The Hall–Kier alpha value is -2.52. The topological polar surface area (TPSA) is 66.5 Å². The molecule has 0 fully saturated rings. The van der Waals surface area contributed by atoms with Gasteiger partial charge in [-0.2, -0.15) is 13.2 Å². The van der Waals surface area contributed by atoms with Crippen molar-refractivity contribution >= 4 is 52.5 Å². The monoisotopic (exact) mass is 414 g/mol. The summed E-state index contributed by atoms with van der Waals surface area (Å²) in [6.07, 6.45) is 0. The summed E-state index contributed by atoms with van der Waals surface area (Å²) >= 11 is 5.67. The molecule has 5 nitrogen and oxygen atoms in total. The maximum Gasteiger partial charge on any atom is 0.442 e. The Morgan fingerprint density at radius 2 is 1.67 bits per heavy atom. The maximum atomic E-state index is 12.5. The van der Waals surface area contributed by atoms with Crippen LogP contribution in [0.1, 0.15) is 20.7 Å². The van der Waals surface area contributed by atoms with E-state index in [1.807, 2.05) is 0 Å². The Morgan fingerprint density at radius 1 is 1.07 bits per heavy atom. The molecule has 1 heterocycles. The van der Waals surface area contributed by atoms with E-state index in [0.717, 1.165) is 4.90 Å². The minimum Gasteiger partial charge on any atom is -0.325 e. The van der Waals surface area contributed by atoms with Crippen LogP contribution in [0.4, 0.5) is 24.5 Å². The van der Waals surface area contributed by atoms with Crippen molar-refractivity contribution in [1.29, 1.82) is 0 Å². The van der Waals surface area contributed by atoms with Gasteiger partial charge in [-0.05, 0) is 42.1 Å². The number of carbonyl (C=O) groups is 3. The zero-order chi connectivity index (χ0) is 19.8. The van der Waals surface area contributed by atoms with Crippen LogP contribution in [0.25, 0.3) is 0 Å². The highest BCUT2D eigenvalue weighted by molar-refractivity contribution is 8.00. The maximum absolute atomic E-state index is 12.5. The van der Waals surface area contributed by atoms with Gasteiger partial charge >= 0.3 is 5.51 Å². The summed E-state index contributed by atoms with van der Waals surface area (Å²) in [6.45, 7) is 0. The molecule has 10 heteroatoms. The Balaban J connectivity index is 1.77. The van der Waals surface area contributed by atoms with E-state index in [4.69, 9.17) is 11.6 Å². The van der Waals surface area contributed by atoms with Gasteiger partial charge in [0.25, 0.3) is 11.8 Å². The summed E-state index contributed by atoms with van der Waals surface area (Å²) in [5.74, 6) is -2.73. The van der Waals surface area contributed by atoms with Crippen LogP contribution in [0.15, 0.2) is 42.5 Å². The first-order valence-corrected chi connectivity index (χ1v) is 8.81. The quantitative estimate of drug-likeness (QED) is 0.756. The average molecular weight is 415 g/mol. The normalized spacial score (nSPS) is 13.7. The Bertz CT molecular complexity index is 914. The van der Waals surface area contributed by atoms with E-state index in [-0.39, 0.29) is 27.5 Å². The van der Waals surface area contributed by atoms with Crippen LogP contribution in [0.5, 0.6) is 0 Å². The Kier molecular flexibility index (Phi) is 5.16. The smallest absolute Gasteiger partial charge is 0.325 e. The van der Waals surface area contributed by atoms with Gasteiger partial charge in [0.1, 0.15) is 0 Å². The molecular formula is C17H10ClF3N2O3S. The molecule has 0 aliphatic carbocycles. The summed E-state index contributed by atoms with van der Waals surface area (Å²) in [7, 11) is 0. The van der Waals surface area contributed by atoms with Gasteiger partial charge in [-0.15, -0.1) is 0 Å². The van der Waals surface area contributed by atoms with E-state index >= 15 is 0 Å². The van der Waals surface area contributed by atoms with Crippen LogP contribution >= 0.6 is 23.4 Å². The summed E-state index contributed by atoms with van der Waals surface area (Å²) in [5, 5.41) is 2.27. The highest BCUT2D eigenvalue weighted by Crippen LogP contribution is 2.35. The average Bonchev–Trinajstić information content (AvgIpc) is 2.85. The molecule has 3 amide bonds. The molecule has 0 spiro atoms. The van der Waals surface area contributed by atoms with Crippen molar-refractivity contribution in [2.24, 2.45) is 0 Å². The molecule has 3 rings (SSSR count). The van der Waals surface area contributed by atoms with Gasteiger partial charge in [0.2, 0.25) is 5.91 Å². The van der Waals surface area contributed by atoms with Crippen molar-refractivity contribution in [2.75, 3.05) is 16.0 Å². The number of rotatable bonds is 4. The molecule has 0 bridgehead atoms. The second kappa shape index (κ2) is 7.24. The lowest BCUT2D eigenvalue weighted by molar-refractivity contribution is -0.114. The number of carbonyl (C=O) groups excluding carboxylic acids is 3. The van der Waals surface area contributed by atoms with Crippen LogP contribution in [0, 0.1) is 0 Å². The van der Waals surface area contributed by atoms with Gasteiger partial charge in [-0.1, -0.05) is 23.7 Å². The summed E-state index contributed by atoms with van der Waals surface area (Å²) in [5.41, 5.74) is -3.75. The fraction of sp³-hybridized carbons (Fsp3) is 0.118. The number of halogens is 4. The molecule has 0 saturated heterocycles. The molecule has 1 aliphatic heterocycles. The van der Waals surface area contributed by atoms with Gasteiger partial charge in [-0.3, -0.25) is 14.4 Å². The lowest BCUT2D eigenvalue weighted by Gasteiger charge is -2.16.